The highest BCUT2D eigenvalue weighted by atomic mass is 16.5. The SMILES string of the molecule is COc1ccc(C(=O)NCC2CCCC2CN)cc1. The molecule has 104 valence electrons. The third kappa shape index (κ3) is 3.47. The highest BCUT2D eigenvalue weighted by Crippen LogP contribution is 2.30. The average molecular weight is 262 g/mol. The number of nitrogens with two attached hydrogens (primary N) is 1. The first-order valence-corrected chi connectivity index (χ1v) is 6.87. The molecule has 19 heavy (non-hydrogen) atoms. The number of amides is 1. The number of hydrogen-bond acceptors (Lipinski definition) is 3. The van der Waals surface area contributed by atoms with Gasteiger partial charge in [-0.1, -0.05) is 6.42 Å². The van der Waals surface area contributed by atoms with Crippen LogP contribution in [0.4, 0.5) is 0 Å². The van der Waals surface area contributed by atoms with Gasteiger partial charge >= 0.3 is 0 Å². The second-order valence-electron chi connectivity index (χ2n) is 5.13. The van der Waals surface area contributed by atoms with Crippen LogP contribution in [0, 0.1) is 11.8 Å². The van der Waals surface area contributed by atoms with Gasteiger partial charge in [0.2, 0.25) is 0 Å². The molecule has 0 heterocycles. The predicted octanol–water partition coefficient (Wildman–Crippen LogP) is 1.80. The van der Waals surface area contributed by atoms with Gasteiger partial charge in [-0.05, 0) is 55.5 Å². The normalized spacial score (nSPS) is 22.2. The third-order valence-electron chi connectivity index (χ3n) is 4.00. The van der Waals surface area contributed by atoms with Crippen molar-refractivity contribution in [3.05, 3.63) is 29.8 Å². The Hall–Kier alpha value is -1.55. The summed E-state index contributed by atoms with van der Waals surface area (Å²) in [5.74, 6) is 1.84. The van der Waals surface area contributed by atoms with Crippen LogP contribution in [0.3, 0.4) is 0 Å². The number of carbonyl (C=O) groups excluding carboxylic acids is 1. The van der Waals surface area contributed by atoms with Gasteiger partial charge in [0.1, 0.15) is 5.75 Å². The third-order valence-corrected chi connectivity index (χ3v) is 4.00. The first kappa shape index (κ1) is 13.9. The molecule has 2 unspecified atom stereocenters. The van der Waals surface area contributed by atoms with E-state index in [0.29, 0.717) is 17.4 Å². The smallest absolute Gasteiger partial charge is 0.251 e. The van der Waals surface area contributed by atoms with E-state index in [1.165, 1.54) is 19.3 Å². The summed E-state index contributed by atoms with van der Waals surface area (Å²) in [5.41, 5.74) is 6.42. The maximum absolute atomic E-state index is 12.0. The van der Waals surface area contributed by atoms with Crippen molar-refractivity contribution in [1.29, 1.82) is 0 Å². The molecule has 0 aromatic heterocycles. The summed E-state index contributed by atoms with van der Waals surface area (Å²) in [4.78, 5) is 12.0. The van der Waals surface area contributed by atoms with Gasteiger partial charge in [0.25, 0.3) is 5.91 Å². The second-order valence-corrected chi connectivity index (χ2v) is 5.13. The van der Waals surface area contributed by atoms with E-state index in [4.69, 9.17) is 10.5 Å². The van der Waals surface area contributed by atoms with Crippen molar-refractivity contribution in [1.82, 2.24) is 5.32 Å². The molecule has 4 heteroatoms. The van der Waals surface area contributed by atoms with Crippen LogP contribution in [-0.2, 0) is 0 Å². The zero-order valence-electron chi connectivity index (χ0n) is 11.4. The molecular formula is C15H22N2O2. The van der Waals surface area contributed by atoms with Crippen LogP contribution in [0.1, 0.15) is 29.6 Å². The van der Waals surface area contributed by atoms with E-state index in [0.717, 1.165) is 18.8 Å². The molecule has 0 spiro atoms. The van der Waals surface area contributed by atoms with Crippen molar-refractivity contribution in [2.45, 2.75) is 19.3 Å². The minimum absolute atomic E-state index is 0.0228. The maximum atomic E-state index is 12.0. The Balaban J connectivity index is 1.86. The van der Waals surface area contributed by atoms with Gasteiger partial charge in [-0.15, -0.1) is 0 Å². The van der Waals surface area contributed by atoms with Crippen LogP contribution in [0.2, 0.25) is 0 Å². The van der Waals surface area contributed by atoms with Crippen molar-refractivity contribution >= 4 is 5.91 Å². The summed E-state index contributed by atoms with van der Waals surface area (Å²) in [6.07, 6.45) is 3.59. The molecule has 2 atom stereocenters. The highest BCUT2D eigenvalue weighted by Gasteiger charge is 2.26. The fourth-order valence-corrected chi connectivity index (χ4v) is 2.76. The molecule has 0 radical (unpaired) electrons. The van der Waals surface area contributed by atoms with Gasteiger partial charge in [-0.3, -0.25) is 4.79 Å². The molecule has 4 nitrogen and oxygen atoms in total. The summed E-state index contributed by atoms with van der Waals surface area (Å²) < 4.78 is 5.07. The van der Waals surface area contributed by atoms with E-state index in [9.17, 15) is 4.79 Å². The lowest BCUT2D eigenvalue weighted by atomic mass is 9.96. The van der Waals surface area contributed by atoms with E-state index in [1.807, 2.05) is 0 Å². The predicted molar refractivity (Wildman–Crippen MR) is 75.2 cm³/mol. The molecule has 1 aliphatic carbocycles. The number of carbonyl (C=O) groups is 1. The van der Waals surface area contributed by atoms with E-state index >= 15 is 0 Å². The quantitative estimate of drug-likeness (QED) is 0.850. The van der Waals surface area contributed by atoms with Gasteiger partial charge in [-0.2, -0.15) is 0 Å². The number of nitrogens with one attached hydrogen (secondary N) is 1. The molecular weight excluding hydrogens is 240 g/mol. The zero-order valence-corrected chi connectivity index (χ0v) is 11.4. The fourth-order valence-electron chi connectivity index (χ4n) is 2.76. The largest absolute Gasteiger partial charge is 0.497 e. The molecule has 0 saturated heterocycles. The Kier molecular flexibility index (Phi) is 4.80. The van der Waals surface area contributed by atoms with Crippen LogP contribution in [0.25, 0.3) is 0 Å². The van der Waals surface area contributed by atoms with Gasteiger partial charge in [0.05, 0.1) is 7.11 Å². The Morgan fingerprint density at radius 1 is 1.32 bits per heavy atom. The topological polar surface area (TPSA) is 64.3 Å². The van der Waals surface area contributed by atoms with E-state index in [1.54, 1.807) is 31.4 Å². The summed E-state index contributed by atoms with van der Waals surface area (Å²) in [5, 5.41) is 3.01. The lowest BCUT2D eigenvalue weighted by Gasteiger charge is -2.18. The van der Waals surface area contributed by atoms with Crippen molar-refractivity contribution in [2.75, 3.05) is 20.2 Å². The molecule has 1 amide bonds. The minimum atomic E-state index is -0.0228. The summed E-state index contributed by atoms with van der Waals surface area (Å²) >= 11 is 0. The average Bonchev–Trinajstić information content (AvgIpc) is 2.92. The Labute approximate surface area is 114 Å². The van der Waals surface area contributed by atoms with E-state index < -0.39 is 0 Å². The van der Waals surface area contributed by atoms with Crippen molar-refractivity contribution < 1.29 is 9.53 Å². The minimum Gasteiger partial charge on any atom is -0.497 e. The van der Waals surface area contributed by atoms with Crippen molar-refractivity contribution in [2.24, 2.45) is 17.6 Å². The molecule has 1 fully saturated rings. The lowest BCUT2D eigenvalue weighted by Crippen LogP contribution is -2.32. The lowest BCUT2D eigenvalue weighted by molar-refractivity contribution is 0.0944. The Morgan fingerprint density at radius 2 is 2.00 bits per heavy atom. The van der Waals surface area contributed by atoms with Crippen LogP contribution in [-0.4, -0.2) is 26.1 Å². The Morgan fingerprint density at radius 3 is 2.63 bits per heavy atom. The molecule has 1 aromatic rings. The molecule has 0 aliphatic heterocycles. The van der Waals surface area contributed by atoms with Crippen LogP contribution in [0.15, 0.2) is 24.3 Å². The van der Waals surface area contributed by atoms with E-state index in [-0.39, 0.29) is 5.91 Å². The standard InChI is InChI=1S/C15H22N2O2/c1-19-14-7-5-11(6-8-14)15(18)17-10-13-4-2-3-12(13)9-16/h5-8,12-13H,2-4,9-10,16H2,1H3,(H,17,18). The van der Waals surface area contributed by atoms with Crippen molar-refractivity contribution in [3.63, 3.8) is 0 Å². The molecule has 1 aliphatic rings. The number of rotatable bonds is 5. The molecule has 2 rings (SSSR count). The molecule has 0 bridgehead atoms. The number of ether oxygens (including phenoxy) is 1. The first-order valence-electron chi connectivity index (χ1n) is 6.87. The van der Waals surface area contributed by atoms with Crippen LogP contribution in [0.5, 0.6) is 5.75 Å². The monoisotopic (exact) mass is 262 g/mol. The maximum Gasteiger partial charge on any atom is 0.251 e. The number of methoxy groups -OCH3 is 1. The number of benzene rings is 1. The highest BCUT2D eigenvalue weighted by molar-refractivity contribution is 5.94. The molecule has 1 saturated carbocycles. The summed E-state index contributed by atoms with van der Waals surface area (Å²) in [7, 11) is 1.61. The summed E-state index contributed by atoms with van der Waals surface area (Å²) in [6, 6.07) is 7.16. The van der Waals surface area contributed by atoms with Gasteiger partial charge in [0.15, 0.2) is 0 Å². The molecule has 3 N–H and O–H groups in total. The van der Waals surface area contributed by atoms with Crippen LogP contribution < -0.4 is 15.8 Å². The van der Waals surface area contributed by atoms with Crippen LogP contribution >= 0.6 is 0 Å². The van der Waals surface area contributed by atoms with Crippen molar-refractivity contribution in [3.8, 4) is 5.75 Å². The second kappa shape index (κ2) is 6.57. The first-order chi connectivity index (χ1) is 9.24. The fraction of sp³-hybridized carbons (Fsp3) is 0.533. The number of hydrogen-bond donors (Lipinski definition) is 2. The van der Waals surface area contributed by atoms with Gasteiger partial charge < -0.3 is 15.8 Å². The van der Waals surface area contributed by atoms with E-state index in [2.05, 4.69) is 5.32 Å². The Bertz CT molecular complexity index is 417. The van der Waals surface area contributed by atoms with Gasteiger partial charge in [0, 0.05) is 12.1 Å². The zero-order chi connectivity index (χ0) is 13.7. The molecule has 1 aromatic carbocycles. The summed E-state index contributed by atoms with van der Waals surface area (Å²) in [6.45, 7) is 1.45. The van der Waals surface area contributed by atoms with Gasteiger partial charge in [-0.25, -0.2) is 0 Å².